The Hall–Kier alpha value is -5.18. The molecule has 9 heteroatoms. The van der Waals surface area contributed by atoms with Crippen LogP contribution in [0.1, 0.15) is 32.3 Å². The molecule has 3 amide bonds. The molecule has 0 aliphatic rings. The molecule has 6 nitrogen and oxygen atoms in total. The fourth-order valence-electron chi connectivity index (χ4n) is 4.45. The van der Waals surface area contributed by atoms with Gasteiger partial charge in [-0.2, -0.15) is 0 Å². The Morgan fingerprint density at radius 2 is 1.43 bits per heavy atom. The fourth-order valence-corrected chi connectivity index (χ4v) is 5.71. The lowest BCUT2D eigenvalue weighted by atomic mass is 10.1. The number of carbonyl (C=O) groups excluding carboxylic acids is 3. The van der Waals surface area contributed by atoms with E-state index in [1.54, 1.807) is 66.7 Å². The molecule has 0 saturated heterocycles. The van der Waals surface area contributed by atoms with E-state index < -0.39 is 22.9 Å². The highest BCUT2D eigenvalue weighted by molar-refractivity contribution is 8.00. The van der Waals surface area contributed by atoms with Crippen molar-refractivity contribution in [2.24, 2.45) is 0 Å². The number of anilines is 2. The highest BCUT2D eigenvalue weighted by atomic mass is 35.5. The summed E-state index contributed by atoms with van der Waals surface area (Å²) in [7, 11) is 0. The third kappa shape index (κ3) is 8.50. The van der Waals surface area contributed by atoms with Gasteiger partial charge in [0.1, 0.15) is 16.8 Å². The second-order valence-corrected chi connectivity index (χ2v) is 11.8. The molecule has 0 aliphatic heterocycles. The largest absolute Gasteiger partial charge is 0.325 e. The van der Waals surface area contributed by atoms with Crippen molar-refractivity contribution in [3.05, 3.63) is 166 Å². The molecule has 0 aliphatic carbocycles. The number of hydrogen-bond acceptors (Lipinski definition) is 4. The Labute approximate surface area is 275 Å². The van der Waals surface area contributed by atoms with Gasteiger partial charge in [0, 0.05) is 32.4 Å². The van der Waals surface area contributed by atoms with Crippen LogP contribution in [0.3, 0.4) is 0 Å². The summed E-state index contributed by atoms with van der Waals surface area (Å²) in [6.45, 7) is 1.89. The molecule has 0 saturated carbocycles. The predicted molar refractivity (Wildman–Crippen MR) is 183 cm³/mol. The van der Waals surface area contributed by atoms with Crippen LogP contribution in [0.25, 0.3) is 6.08 Å². The van der Waals surface area contributed by atoms with Crippen LogP contribution in [0.15, 0.2) is 138 Å². The van der Waals surface area contributed by atoms with Gasteiger partial charge in [0.15, 0.2) is 0 Å². The lowest BCUT2D eigenvalue weighted by molar-refractivity contribution is -0.116. The van der Waals surface area contributed by atoms with Crippen LogP contribution in [0.5, 0.6) is 0 Å². The smallest absolute Gasteiger partial charge is 0.272 e. The van der Waals surface area contributed by atoms with Crippen LogP contribution in [0, 0.1) is 12.7 Å². The zero-order chi connectivity index (χ0) is 32.5. The molecule has 5 aromatic rings. The van der Waals surface area contributed by atoms with Gasteiger partial charge >= 0.3 is 0 Å². The van der Waals surface area contributed by atoms with Crippen molar-refractivity contribution >= 4 is 58.5 Å². The zero-order valence-electron chi connectivity index (χ0n) is 24.7. The summed E-state index contributed by atoms with van der Waals surface area (Å²) < 4.78 is 14.5. The summed E-state index contributed by atoms with van der Waals surface area (Å²) in [5.74, 6) is -1.96. The van der Waals surface area contributed by atoms with E-state index in [1.165, 1.54) is 36.0 Å². The molecule has 1 atom stereocenters. The zero-order valence-corrected chi connectivity index (χ0v) is 26.2. The number of rotatable bonds is 10. The van der Waals surface area contributed by atoms with Crippen LogP contribution < -0.4 is 16.0 Å². The van der Waals surface area contributed by atoms with Gasteiger partial charge in [0.25, 0.3) is 11.8 Å². The highest BCUT2D eigenvalue weighted by Crippen LogP contribution is 2.37. The minimum atomic E-state index is -0.650. The second-order valence-electron chi connectivity index (χ2n) is 10.2. The van der Waals surface area contributed by atoms with E-state index in [9.17, 15) is 18.8 Å². The number of thioether (sulfide) groups is 1. The van der Waals surface area contributed by atoms with E-state index in [1.807, 2.05) is 49.4 Å². The first-order chi connectivity index (χ1) is 22.3. The number of hydrogen-bond donors (Lipinski definition) is 3. The maximum atomic E-state index is 14.5. The van der Waals surface area contributed by atoms with Gasteiger partial charge in [0.05, 0.1) is 0 Å². The summed E-state index contributed by atoms with van der Waals surface area (Å²) >= 11 is 7.59. The molecule has 0 bridgehead atoms. The van der Waals surface area contributed by atoms with E-state index in [0.29, 0.717) is 26.9 Å². The molecule has 0 heterocycles. The van der Waals surface area contributed by atoms with Gasteiger partial charge in [-0.05, 0) is 72.7 Å². The van der Waals surface area contributed by atoms with Crippen LogP contribution in [-0.2, 0) is 9.59 Å². The standard InChI is InChI=1S/C37H29ClFN3O3S/c1-24-19-20-29(23-31(24)38)41-37(45)34(25-11-4-2-5-12-25)46-30-17-10-16-28(22-30)40-36(44)33(21-27-15-8-9-18-32(27)39)42-35(43)26-13-6-3-7-14-26/h2-23,34H,1H3,(H,40,44)(H,41,45)(H,42,43)/b33-21-. The van der Waals surface area contributed by atoms with Gasteiger partial charge in [-0.15, -0.1) is 11.8 Å². The van der Waals surface area contributed by atoms with Gasteiger partial charge < -0.3 is 16.0 Å². The number of carbonyl (C=O) groups is 3. The number of nitrogens with one attached hydrogen (secondary N) is 3. The fraction of sp³-hybridized carbons (Fsp3) is 0.0541. The Bertz CT molecular complexity index is 1900. The van der Waals surface area contributed by atoms with E-state index in [0.717, 1.165) is 11.1 Å². The van der Waals surface area contributed by atoms with Gasteiger partial charge in [-0.3, -0.25) is 14.4 Å². The first-order valence-corrected chi connectivity index (χ1v) is 15.6. The Kier molecular flexibility index (Phi) is 10.7. The van der Waals surface area contributed by atoms with Gasteiger partial charge in [0.2, 0.25) is 5.91 Å². The van der Waals surface area contributed by atoms with Crippen molar-refractivity contribution in [2.45, 2.75) is 17.1 Å². The van der Waals surface area contributed by atoms with Crippen molar-refractivity contribution in [3.8, 4) is 0 Å². The normalized spacial score (nSPS) is 11.8. The lowest BCUT2D eigenvalue weighted by Crippen LogP contribution is -2.30. The van der Waals surface area contributed by atoms with Crippen molar-refractivity contribution in [3.63, 3.8) is 0 Å². The molecule has 46 heavy (non-hydrogen) atoms. The molecule has 0 fully saturated rings. The molecule has 5 aromatic carbocycles. The van der Waals surface area contributed by atoms with Gasteiger partial charge in [-0.1, -0.05) is 90.5 Å². The summed E-state index contributed by atoms with van der Waals surface area (Å²) in [5, 5.41) is 8.29. The first-order valence-electron chi connectivity index (χ1n) is 14.3. The average Bonchev–Trinajstić information content (AvgIpc) is 3.07. The second kappa shape index (κ2) is 15.2. The van der Waals surface area contributed by atoms with Crippen molar-refractivity contribution in [2.75, 3.05) is 10.6 Å². The van der Waals surface area contributed by atoms with Gasteiger partial charge in [-0.25, -0.2) is 4.39 Å². The number of amides is 3. The van der Waals surface area contributed by atoms with Crippen molar-refractivity contribution in [1.82, 2.24) is 5.32 Å². The van der Waals surface area contributed by atoms with E-state index >= 15 is 0 Å². The Balaban J connectivity index is 1.38. The highest BCUT2D eigenvalue weighted by Gasteiger charge is 2.23. The van der Waals surface area contributed by atoms with Crippen LogP contribution in [-0.4, -0.2) is 17.7 Å². The molecule has 230 valence electrons. The maximum Gasteiger partial charge on any atom is 0.272 e. The molecule has 5 rings (SSSR count). The topological polar surface area (TPSA) is 87.3 Å². The predicted octanol–water partition coefficient (Wildman–Crippen LogP) is 8.67. The monoisotopic (exact) mass is 649 g/mol. The minimum absolute atomic E-state index is 0.136. The summed E-state index contributed by atoms with van der Waals surface area (Å²) in [5.41, 5.74) is 3.02. The van der Waals surface area contributed by atoms with E-state index in [2.05, 4.69) is 16.0 Å². The summed E-state index contributed by atoms with van der Waals surface area (Å²) in [6, 6.07) is 36.1. The SMILES string of the molecule is Cc1ccc(NC(=O)C(Sc2cccc(NC(=O)/C(=C/c3ccccc3F)NC(=O)c3ccccc3)c2)c2ccccc2)cc1Cl. The number of halogens is 2. The minimum Gasteiger partial charge on any atom is -0.325 e. The average molecular weight is 650 g/mol. The molecule has 1 unspecified atom stereocenters. The molecular formula is C37H29ClFN3O3S. The van der Waals surface area contributed by atoms with Crippen molar-refractivity contribution < 1.29 is 18.8 Å². The summed E-state index contributed by atoms with van der Waals surface area (Å²) in [6.07, 6.45) is 1.29. The van der Waals surface area contributed by atoms with Crippen LogP contribution in [0.4, 0.5) is 15.8 Å². The van der Waals surface area contributed by atoms with Crippen LogP contribution >= 0.6 is 23.4 Å². The van der Waals surface area contributed by atoms with Crippen molar-refractivity contribution in [1.29, 1.82) is 0 Å². The summed E-state index contributed by atoms with van der Waals surface area (Å²) in [4.78, 5) is 40.7. The van der Waals surface area contributed by atoms with E-state index in [4.69, 9.17) is 11.6 Å². The van der Waals surface area contributed by atoms with Crippen LogP contribution in [0.2, 0.25) is 5.02 Å². The molecule has 0 radical (unpaired) electrons. The first kappa shape index (κ1) is 32.2. The quantitative estimate of drug-likeness (QED) is 0.104. The van der Waals surface area contributed by atoms with E-state index in [-0.39, 0.29) is 17.2 Å². The Morgan fingerprint density at radius 3 is 2.15 bits per heavy atom. The maximum absolute atomic E-state index is 14.5. The third-order valence-corrected chi connectivity index (χ3v) is 8.51. The lowest BCUT2D eigenvalue weighted by Gasteiger charge is -2.18. The molecular weight excluding hydrogens is 621 g/mol. The Morgan fingerprint density at radius 1 is 0.761 bits per heavy atom. The molecule has 3 N–H and O–H groups in total. The third-order valence-electron chi connectivity index (χ3n) is 6.86. The molecule has 0 aromatic heterocycles. The number of aryl methyl sites for hydroxylation is 1. The molecule has 0 spiro atoms. The number of benzene rings is 5.